The van der Waals surface area contributed by atoms with Gasteiger partial charge in [-0.15, -0.1) is 0 Å². The van der Waals surface area contributed by atoms with Crippen LogP contribution in [-0.2, 0) is 24.2 Å². The lowest BCUT2D eigenvalue weighted by molar-refractivity contribution is -0.121. The topological polar surface area (TPSA) is 46.9 Å². The normalized spacial score (nSPS) is 16.3. The predicted molar refractivity (Wildman–Crippen MR) is 91.4 cm³/mol. The molecule has 1 aliphatic carbocycles. The maximum absolute atomic E-state index is 12.2. The van der Waals surface area contributed by atoms with Crippen LogP contribution in [-0.4, -0.2) is 22.0 Å². The molecule has 1 unspecified atom stereocenters. The SMILES string of the molecule is CCc1nccn1CCCNC(=O)CC1CCc2ccccc21. The molecule has 1 aliphatic rings. The van der Waals surface area contributed by atoms with Gasteiger partial charge in [-0.25, -0.2) is 4.98 Å². The Balaban J connectivity index is 1.41. The number of fused-ring (bicyclic) bond motifs is 1. The fourth-order valence-corrected chi connectivity index (χ4v) is 3.49. The molecule has 1 aromatic carbocycles. The van der Waals surface area contributed by atoms with Crippen molar-refractivity contribution < 1.29 is 4.79 Å². The van der Waals surface area contributed by atoms with Crippen molar-refractivity contribution in [3.05, 3.63) is 53.6 Å². The van der Waals surface area contributed by atoms with E-state index in [0.717, 1.165) is 44.6 Å². The van der Waals surface area contributed by atoms with Gasteiger partial charge in [0.15, 0.2) is 0 Å². The average Bonchev–Trinajstić information content (AvgIpc) is 3.18. The van der Waals surface area contributed by atoms with Crippen molar-refractivity contribution in [2.45, 2.75) is 51.5 Å². The van der Waals surface area contributed by atoms with E-state index in [4.69, 9.17) is 0 Å². The Bertz CT molecular complexity index is 662. The summed E-state index contributed by atoms with van der Waals surface area (Å²) < 4.78 is 2.17. The van der Waals surface area contributed by atoms with Gasteiger partial charge in [-0.05, 0) is 36.3 Å². The number of nitrogens with zero attached hydrogens (tertiary/aromatic N) is 2. The molecule has 1 aromatic heterocycles. The van der Waals surface area contributed by atoms with Crippen molar-refractivity contribution in [2.24, 2.45) is 0 Å². The highest BCUT2D eigenvalue weighted by molar-refractivity contribution is 5.77. The van der Waals surface area contributed by atoms with Crippen LogP contribution >= 0.6 is 0 Å². The van der Waals surface area contributed by atoms with Gasteiger partial charge in [-0.1, -0.05) is 31.2 Å². The van der Waals surface area contributed by atoms with Gasteiger partial charge in [0, 0.05) is 38.3 Å². The highest BCUT2D eigenvalue weighted by atomic mass is 16.1. The Kier molecular flexibility index (Phi) is 5.11. The van der Waals surface area contributed by atoms with Crippen LogP contribution in [0, 0.1) is 0 Å². The first-order valence-corrected chi connectivity index (χ1v) is 8.62. The molecule has 1 heterocycles. The Morgan fingerprint density at radius 3 is 3.13 bits per heavy atom. The maximum Gasteiger partial charge on any atom is 0.220 e. The number of carbonyl (C=O) groups excluding carboxylic acids is 1. The molecule has 0 saturated heterocycles. The van der Waals surface area contributed by atoms with E-state index in [1.54, 1.807) is 0 Å². The van der Waals surface area contributed by atoms with Crippen molar-refractivity contribution in [3.8, 4) is 0 Å². The van der Waals surface area contributed by atoms with Gasteiger partial charge in [0.05, 0.1) is 0 Å². The zero-order chi connectivity index (χ0) is 16.1. The van der Waals surface area contributed by atoms with Gasteiger partial charge in [0.1, 0.15) is 5.82 Å². The third-order valence-corrected chi connectivity index (χ3v) is 4.70. The number of nitrogens with one attached hydrogen (secondary N) is 1. The third-order valence-electron chi connectivity index (χ3n) is 4.70. The molecule has 0 saturated carbocycles. The molecular weight excluding hydrogens is 286 g/mol. The smallest absolute Gasteiger partial charge is 0.220 e. The van der Waals surface area contributed by atoms with Crippen molar-refractivity contribution in [1.29, 1.82) is 0 Å². The van der Waals surface area contributed by atoms with E-state index in [9.17, 15) is 4.79 Å². The summed E-state index contributed by atoms with van der Waals surface area (Å²) >= 11 is 0. The summed E-state index contributed by atoms with van der Waals surface area (Å²) in [4.78, 5) is 16.5. The molecule has 0 fully saturated rings. The number of amides is 1. The van der Waals surface area contributed by atoms with Crippen LogP contribution in [0.5, 0.6) is 0 Å². The highest BCUT2D eigenvalue weighted by Crippen LogP contribution is 2.34. The molecule has 0 aliphatic heterocycles. The van der Waals surface area contributed by atoms with Crippen LogP contribution in [0.3, 0.4) is 0 Å². The second kappa shape index (κ2) is 7.44. The summed E-state index contributed by atoms with van der Waals surface area (Å²) in [5.74, 6) is 1.68. The molecule has 4 heteroatoms. The van der Waals surface area contributed by atoms with E-state index in [1.807, 2.05) is 12.4 Å². The first kappa shape index (κ1) is 15.8. The summed E-state index contributed by atoms with van der Waals surface area (Å²) in [5.41, 5.74) is 2.78. The monoisotopic (exact) mass is 311 g/mol. The molecule has 0 bridgehead atoms. The minimum atomic E-state index is 0.174. The molecule has 0 radical (unpaired) electrons. The second-order valence-corrected chi connectivity index (χ2v) is 6.23. The Labute approximate surface area is 137 Å². The van der Waals surface area contributed by atoms with E-state index in [-0.39, 0.29) is 5.91 Å². The molecule has 3 rings (SSSR count). The molecule has 23 heavy (non-hydrogen) atoms. The van der Waals surface area contributed by atoms with Crippen molar-refractivity contribution in [3.63, 3.8) is 0 Å². The molecule has 122 valence electrons. The van der Waals surface area contributed by atoms with Crippen LogP contribution < -0.4 is 5.32 Å². The van der Waals surface area contributed by atoms with Crippen molar-refractivity contribution in [1.82, 2.24) is 14.9 Å². The van der Waals surface area contributed by atoms with Gasteiger partial charge in [-0.3, -0.25) is 4.79 Å². The van der Waals surface area contributed by atoms with E-state index in [1.165, 1.54) is 11.1 Å². The summed E-state index contributed by atoms with van der Waals surface area (Å²) in [5, 5.41) is 3.07. The van der Waals surface area contributed by atoms with E-state index >= 15 is 0 Å². The molecule has 4 nitrogen and oxygen atoms in total. The molecule has 0 spiro atoms. The third kappa shape index (κ3) is 3.81. The van der Waals surface area contributed by atoms with Crippen molar-refractivity contribution >= 4 is 5.91 Å². The van der Waals surface area contributed by atoms with Crippen LogP contribution in [0.2, 0.25) is 0 Å². The van der Waals surface area contributed by atoms with Gasteiger partial charge >= 0.3 is 0 Å². The summed E-state index contributed by atoms with van der Waals surface area (Å²) in [6, 6.07) is 8.52. The van der Waals surface area contributed by atoms with E-state index < -0.39 is 0 Å². The van der Waals surface area contributed by atoms with Crippen LogP contribution in [0.4, 0.5) is 0 Å². The number of hydrogen-bond acceptors (Lipinski definition) is 2. The first-order chi connectivity index (χ1) is 11.3. The fraction of sp³-hybridized carbons (Fsp3) is 0.474. The number of carbonyl (C=O) groups is 1. The predicted octanol–water partition coefficient (Wildman–Crippen LogP) is 3.07. The van der Waals surface area contributed by atoms with Crippen LogP contribution in [0.15, 0.2) is 36.7 Å². The minimum Gasteiger partial charge on any atom is -0.356 e. The highest BCUT2D eigenvalue weighted by Gasteiger charge is 2.23. The fourth-order valence-electron chi connectivity index (χ4n) is 3.49. The lowest BCUT2D eigenvalue weighted by atomic mass is 9.97. The summed E-state index contributed by atoms with van der Waals surface area (Å²) in [6.07, 6.45) is 8.56. The summed E-state index contributed by atoms with van der Waals surface area (Å²) in [7, 11) is 0. The molecule has 1 atom stereocenters. The van der Waals surface area contributed by atoms with E-state index in [2.05, 4.69) is 46.1 Å². The van der Waals surface area contributed by atoms with Crippen LogP contribution in [0.25, 0.3) is 0 Å². The summed E-state index contributed by atoms with van der Waals surface area (Å²) in [6.45, 7) is 3.75. The number of hydrogen-bond donors (Lipinski definition) is 1. The lowest BCUT2D eigenvalue weighted by Crippen LogP contribution is -2.26. The molecule has 2 aromatic rings. The zero-order valence-corrected chi connectivity index (χ0v) is 13.8. The van der Waals surface area contributed by atoms with Gasteiger partial charge in [-0.2, -0.15) is 0 Å². The maximum atomic E-state index is 12.2. The Morgan fingerprint density at radius 2 is 2.26 bits per heavy atom. The van der Waals surface area contributed by atoms with Crippen molar-refractivity contribution in [2.75, 3.05) is 6.54 Å². The average molecular weight is 311 g/mol. The second-order valence-electron chi connectivity index (χ2n) is 6.23. The number of imidazole rings is 1. The number of aryl methyl sites for hydroxylation is 3. The minimum absolute atomic E-state index is 0.174. The Hall–Kier alpha value is -2.10. The number of aromatic nitrogens is 2. The Morgan fingerprint density at radius 1 is 1.39 bits per heavy atom. The van der Waals surface area contributed by atoms with Crippen LogP contribution in [0.1, 0.15) is 49.1 Å². The van der Waals surface area contributed by atoms with Gasteiger partial charge < -0.3 is 9.88 Å². The van der Waals surface area contributed by atoms with Gasteiger partial charge in [0.2, 0.25) is 5.91 Å². The zero-order valence-electron chi connectivity index (χ0n) is 13.8. The number of benzene rings is 1. The molecule has 1 N–H and O–H groups in total. The molecule has 1 amide bonds. The quantitative estimate of drug-likeness (QED) is 0.799. The van der Waals surface area contributed by atoms with Gasteiger partial charge in [0.25, 0.3) is 0 Å². The molecular formula is C19H25N3O. The number of rotatable bonds is 7. The lowest BCUT2D eigenvalue weighted by Gasteiger charge is -2.12. The first-order valence-electron chi connectivity index (χ1n) is 8.62. The largest absolute Gasteiger partial charge is 0.356 e. The van der Waals surface area contributed by atoms with E-state index in [0.29, 0.717) is 12.3 Å². The standard InChI is InChI=1S/C19H25N3O/c1-2-18-20-11-13-22(18)12-5-10-21-19(23)14-16-9-8-15-6-3-4-7-17(15)16/h3-4,6-7,11,13,16H,2,5,8-10,12,14H2,1H3,(H,21,23).